The van der Waals surface area contributed by atoms with Crippen molar-refractivity contribution in [1.29, 1.82) is 0 Å². The van der Waals surface area contributed by atoms with Gasteiger partial charge in [-0.25, -0.2) is 8.78 Å². The number of hydrogen-bond acceptors (Lipinski definition) is 8. The smallest absolute Gasteiger partial charge is 0.260 e. The van der Waals surface area contributed by atoms with E-state index in [1.54, 1.807) is 0 Å². The van der Waals surface area contributed by atoms with Gasteiger partial charge in [-0.3, -0.25) is 19.6 Å². The Morgan fingerprint density at radius 3 is 1.95 bits per heavy atom. The van der Waals surface area contributed by atoms with Gasteiger partial charge in [-0.05, 0) is 12.1 Å². The second-order valence-electron chi connectivity index (χ2n) is 9.24. The zero-order chi connectivity index (χ0) is 27.3. The number of nitrogens with zero attached hydrogens (tertiary/aromatic N) is 4. The molecule has 0 radical (unpaired) electrons. The Bertz CT molecular complexity index is 1410. The maximum absolute atomic E-state index is 13.7. The molecule has 0 spiro atoms. The summed E-state index contributed by atoms with van der Waals surface area (Å²) in [5.41, 5.74) is 1.40. The molecule has 12 heteroatoms. The van der Waals surface area contributed by atoms with Gasteiger partial charge in [0.15, 0.2) is 11.5 Å². The molecule has 2 amide bonds. The Kier molecular flexibility index (Phi) is 6.10. The van der Waals surface area contributed by atoms with Crippen molar-refractivity contribution < 1.29 is 37.7 Å². The van der Waals surface area contributed by atoms with E-state index in [1.807, 2.05) is 0 Å². The molecule has 0 bridgehead atoms. The first-order valence-electron chi connectivity index (χ1n) is 12.1. The molecule has 4 aliphatic heterocycles. The molecule has 2 aromatic rings. The van der Waals surface area contributed by atoms with Crippen LogP contribution < -0.4 is 14.2 Å². The molecule has 4 heterocycles. The molecule has 0 saturated carbocycles. The van der Waals surface area contributed by atoms with Gasteiger partial charge < -0.3 is 29.1 Å². The number of aliphatic imine (C=N–C) groups is 2. The Morgan fingerprint density at radius 2 is 1.38 bits per heavy atom. The van der Waals surface area contributed by atoms with Crippen molar-refractivity contribution >= 4 is 35.6 Å². The molecule has 39 heavy (non-hydrogen) atoms. The molecule has 0 saturated heterocycles. The Morgan fingerprint density at radius 1 is 0.846 bits per heavy atom. The molecule has 0 aliphatic carbocycles. The van der Waals surface area contributed by atoms with E-state index in [-0.39, 0.29) is 48.0 Å². The number of aliphatic hydroxyl groups is 1. The van der Waals surface area contributed by atoms with Crippen molar-refractivity contribution in [2.45, 2.75) is 31.5 Å². The monoisotopic (exact) mass is 536 g/mol. The number of aliphatic hydroxyl groups excluding tert-OH is 1. The number of ether oxygens (including phenoxy) is 3. The van der Waals surface area contributed by atoms with Gasteiger partial charge in [0.05, 0.1) is 48.3 Å². The van der Waals surface area contributed by atoms with Crippen molar-refractivity contribution in [3.63, 3.8) is 0 Å². The number of methoxy groups -OCH3 is 1. The molecular formula is C27H22F2N4O6. The highest BCUT2D eigenvalue weighted by atomic mass is 19.1. The summed E-state index contributed by atoms with van der Waals surface area (Å²) in [6.45, 7) is -0.749. The van der Waals surface area contributed by atoms with Crippen molar-refractivity contribution in [3.05, 3.63) is 65.0 Å². The molecule has 4 aliphatic rings. The number of carbonyl (C=O) groups excluding carboxylic acids is 2. The van der Waals surface area contributed by atoms with Gasteiger partial charge in [0.2, 0.25) is 6.79 Å². The van der Waals surface area contributed by atoms with Crippen LogP contribution in [-0.4, -0.2) is 65.1 Å². The fourth-order valence-electron chi connectivity index (χ4n) is 4.88. The van der Waals surface area contributed by atoms with Gasteiger partial charge in [-0.2, -0.15) is 0 Å². The summed E-state index contributed by atoms with van der Waals surface area (Å²) in [5.74, 6) is -0.919. The minimum absolute atomic E-state index is 0.0534. The molecule has 6 rings (SSSR count). The topological polar surface area (TPSA) is 113 Å². The third kappa shape index (κ3) is 4.32. The summed E-state index contributed by atoms with van der Waals surface area (Å²) in [5, 5.41) is 9.92. The van der Waals surface area contributed by atoms with E-state index >= 15 is 0 Å². The Hall–Kier alpha value is -4.58. The number of carbonyl (C=O) groups is 2. The average molecular weight is 536 g/mol. The van der Waals surface area contributed by atoms with Crippen LogP contribution in [0.15, 0.2) is 58.3 Å². The minimum atomic E-state index is -0.517. The van der Waals surface area contributed by atoms with Crippen molar-refractivity contribution in [1.82, 2.24) is 9.80 Å². The molecule has 0 aromatic heterocycles. The standard InChI is InChI=1S/C27H22F2N4O6/c1-37-24-5-20-22(31-9-18-4-16(29)11-33(18)27(20)36)7-25(24)39-13-38-23-6-21-19(2-14(23)12-34)26(35)32-10-15(28)3-17(32)8-30-21/h2,5-11,17-18,34H,3-4,12-13H2,1H3/t17-,18-/m0/s1. The lowest BCUT2D eigenvalue weighted by molar-refractivity contribution is 0.0809. The second-order valence-corrected chi connectivity index (χ2v) is 9.24. The molecule has 0 fully saturated rings. The Balaban J connectivity index is 1.23. The van der Waals surface area contributed by atoms with Gasteiger partial charge >= 0.3 is 0 Å². The summed E-state index contributed by atoms with van der Waals surface area (Å²) < 4.78 is 44.4. The minimum Gasteiger partial charge on any atom is -0.493 e. The molecule has 2 aromatic carbocycles. The van der Waals surface area contributed by atoms with E-state index in [0.29, 0.717) is 16.9 Å². The van der Waals surface area contributed by atoms with E-state index in [0.717, 1.165) is 6.20 Å². The summed E-state index contributed by atoms with van der Waals surface area (Å²) in [6.07, 6.45) is 5.47. The maximum Gasteiger partial charge on any atom is 0.260 e. The first kappa shape index (κ1) is 24.7. The number of benzene rings is 2. The third-order valence-corrected chi connectivity index (χ3v) is 6.84. The van der Waals surface area contributed by atoms with Crippen molar-refractivity contribution in [2.24, 2.45) is 9.98 Å². The molecule has 0 unspecified atom stereocenters. The molecule has 1 N–H and O–H groups in total. The molecule has 10 nitrogen and oxygen atoms in total. The van der Waals surface area contributed by atoms with E-state index in [2.05, 4.69) is 9.98 Å². The van der Waals surface area contributed by atoms with Gasteiger partial charge in [0.1, 0.15) is 17.4 Å². The third-order valence-electron chi connectivity index (χ3n) is 6.84. The predicted molar refractivity (Wildman–Crippen MR) is 135 cm³/mol. The summed E-state index contributed by atoms with van der Waals surface area (Å²) >= 11 is 0. The van der Waals surface area contributed by atoms with Crippen LogP contribution >= 0.6 is 0 Å². The van der Waals surface area contributed by atoms with Gasteiger partial charge in [-0.15, -0.1) is 0 Å². The lowest BCUT2D eigenvalue weighted by Crippen LogP contribution is -2.32. The van der Waals surface area contributed by atoms with Crippen LogP contribution in [0.4, 0.5) is 20.2 Å². The number of fused-ring (bicyclic) bond motifs is 4. The number of amides is 2. The van der Waals surface area contributed by atoms with Gasteiger partial charge in [0.25, 0.3) is 11.8 Å². The quantitative estimate of drug-likeness (QED) is 0.557. The summed E-state index contributed by atoms with van der Waals surface area (Å²) in [7, 11) is 1.41. The fourth-order valence-corrected chi connectivity index (χ4v) is 4.88. The van der Waals surface area contributed by atoms with E-state index in [4.69, 9.17) is 14.2 Å². The van der Waals surface area contributed by atoms with E-state index in [1.165, 1.54) is 59.8 Å². The Labute approximate surface area is 221 Å². The van der Waals surface area contributed by atoms with E-state index in [9.17, 15) is 23.5 Å². The first-order valence-corrected chi connectivity index (χ1v) is 12.1. The van der Waals surface area contributed by atoms with Crippen LogP contribution in [0, 0.1) is 0 Å². The largest absolute Gasteiger partial charge is 0.493 e. The molecule has 200 valence electrons. The van der Waals surface area contributed by atoms with Crippen LogP contribution in [0.5, 0.6) is 17.2 Å². The lowest BCUT2D eigenvalue weighted by atomic mass is 10.1. The number of halogens is 2. The summed E-state index contributed by atoms with van der Waals surface area (Å²) in [6, 6.07) is 4.96. The van der Waals surface area contributed by atoms with Gasteiger partial charge in [-0.1, -0.05) is 0 Å². The highest BCUT2D eigenvalue weighted by molar-refractivity contribution is 6.05. The van der Waals surface area contributed by atoms with Crippen LogP contribution in [0.25, 0.3) is 0 Å². The zero-order valence-electron chi connectivity index (χ0n) is 20.6. The van der Waals surface area contributed by atoms with Crippen LogP contribution in [0.1, 0.15) is 39.1 Å². The maximum atomic E-state index is 13.7. The molecule has 2 atom stereocenters. The van der Waals surface area contributed by atoms with Gasteiger partial charge in [0, 0.05) is 55.4 Å². The average Bonchev–Trinajstić information content (AvgIpc) is 3.44. The van der Waals surface area contributed by atoms with Crippen LogP contribution in [0.3, 0.4) is 0 Å². The van der Waals surface area contributed by atoms with E-state index < -0.39 is 42.2 Å². The van der Waals surface area contributed by atoms with Crippen molar-refractivity contribution in [2.75, 3.05) is 13.9 Å². The van der Waals surface area contributed by atoms with Crippen LogP contribution in [0.2, 0.25) is 0 Å². The SMILES string of the molecule is COc1cc2c(cc1OCOc1cc3c(cc1CO)C(=O)N1C=C(F)C[C@H]1C=N3)N=C[C@@H]1CC(F)=CN1C2=O. The lowest BCUT2D eigenvalue weighted by Gasteiger charge is -2.19. The normalized spacial score (nSPS) is 20.9. The highest BCUT2D eigenvalue weighted by Gasteiger charge is 2.34. The fraction of sp³-hybridized carbons (Fsp3) is 0.259. The molecular weight excluding hydrogens is 514 g/mol. The second kappa shape index (κ2) is 9.62. The van der Waals surface area contributed by atoms with Crippen LogP contribution in [-0.2, 0) is 6.61 Å². The van der Waals surface area contributed by atoms with Crippen molar-refractivity contribution in [3.8, 4) is 17.2 Å². The summed E-state index contributed by atoms with van der Waals surface area (Å²) in [4.78, 5) is 37.2. The first-order chi connectivity index (χ1) is 18.9. The number of rotatable bonds is 6. The highest BCUT2D eigenvalue weighted by Crippen LogP contribution is 2.39. The predicted octanol–water partition coefficient (Wildman–Crippen LogP) is 4.09. The zero-order valence-corrected chi connectivity index (χ0v) is 20.6. The number of hydrogen-bond donors (Lipinski definition) is 1.